The van der Waals surface area contributed by atoms with Crippen molar-refractivity contribution in [2.75, 3.05) is 7.05 Å². The highest BCUT2D eigenvalue weighted by Crippen LogP contribution is 2.25. The molecule has 0 saturated carbocycles. The predicted octanol–water partition coefficient (Wildman–Crippen LogP) is 2.09. The molecule has 0 aliphatic heterocycles. The number of nitrogens with two attached hydrogens (primary N) is 1. The summed E-state index contributed by atoms with van der Waals surface area (Å²) in [7, 11) is -1.81. The Bertz CT molecular complexity index is 602. The summed E-state index contributed by atoms with van der Waals surface area (Å²) in [6.07, 6.45) is 0. The zero-order valence-corrected chi connectivity index (χ0v) is 12.3. The van der Waals surface area contributed by atoms with Gasteiger partial charge < -0.3 is 5.73 Å². The molecule has 0 aliphatic rings. The Kier molecular flexibility index (Phi) is 4.18. The largest absolute Gasteiger partial charge is 0.326 e. The predicted molar refractivity (Wildman–Crippen MR) is 75.2 cm³/mol. The number of rotatable bonds is 5. The van der Waals surface area contributed by atoms with Crippen LogP contribution in [0.4, 0.5) is 0 Å². The highest BCUT2D eigenvalue weighted by atomic mass is 32.2. The maximum atomic E-state index is 12.3. The standard InChI is InChI=1S/C11H14N2O2S3/c1-13(8-10-3-2-6-16-10)18(14,15)11-5-4-9(7-12)17-11/h2-6H,7-8,12H2,1H3. The van der Waals surface area contributed by atoms with Crippen LogP contribution in [0.3, 0.4) is 0 Å². The molecular weight excluding hydrogens is 288 g/mol. The van der Waals surface area contributed by atoms with Gasteiger partial charge in [-0.2, -0.15) is 4.31 Å². The first-order valence-corrected chi connectivity index (χ1v) is 8.45. The van der Waals surface area contributed by atoms with Crippen LogP contribution in [0.5, 0.6) is 0 Å². The number of nitrogens with zero attached hydrogens (tertiary/aromatic N) is 1. The second kappa shape index (κ2) is 5.50. The van der Waals surface area contributed by atoms with E-state index in [0.717, 1.165) is 9.75 Å². The summed E-state index contributed by atoms with van der Waals surface area (Å²) in [6, 6.07) is 7.22. The van der Waals surface area contributed by atoms with Gasteiger partial charge in [-0.25, -0.2) is 8.42 Å². The van der Waals surface area contributed by atoms with Crippen LogP contribution in [-0.2, 0) is 23.1 Å². The molecule has 2 aromatic heterocycles. The van der Waals surface area contributed by atoms with Crippen LogP contribution in [-0.4, -0.2) is 19.8 Å². The average molecular weight is 302 g/mol. The zero-order chi connectivity index (χ0) is 13.2. The molecule has 0 aliphatic carbocycles. The Morgan fingerprint density at radius 3 is 2.61 bits per heavy atom. The van der Waals surface area contributed by atoms with Crippen molar-refractivity contribution in [1.82, 2.24) is 4.31 Å². The van der Waals surface area contributed by atoms with E-state index in [9.17, 15) is 8.42 Å². The van der Waals surface area contributed by atoms with Crippen LogP contribution in [0, 0.1) is 0 Å². The number of thiophene rings is 2. The van der Waals surface area contributed by atoms with E-state index >= 15 is 0 Å². The normalized spacial score (nSPS) is 12.2. The first kappa shape index (κ1) is 13.7. The van der Waals surface area contributed by atoms with Gasteiger partial charge >= 0.3 is 0 Å². The molecule has 18 heavy (non-hydrogen) atoms. The molecule has 0 fully saturated rings. The lowest BCUT2D eigenvalue weighted by molar-refractivity contribution is 0.471. The number of sulfonamides is 1. The van der Waals surface area contributed by atoms with Gasteiger partial charge in [0.1, 0.15) is 4.21 Å². The first-order valence-electron chi connectivity index (χ1n) is 5.31. The summed E-state index contributed by atoms with van der Waals surface area (Å²) in [5.41, 5.74) is 5.50. The van der Waals surface area contributed by atoms with Crippen molar-refractivity contribution in [2.45, 2.75) is 17.3 Å². The molecule has 0 saturated heterocycles. The quantitative estimate of drug-likeness (QED) is 0.920. The summed E-state index contributed by atoms with van der Waals surface area (Å²) < 4.78 is 26.3. The Morgan fingerprint density at radius 1 is 1.28 bits per heavy atom. The molecule has 0 radical (unpaired) electrons. The fourth-order valence-corrected chi connectivity index (χ4v) is 4.90. The Labute approximate surface area is 115 Å². The van der Waals surface area contributed by atoms with Gasteiger partial charge in [0.15, 0.2) is 0 Å². The van der Waals surface area contributed by atoms with Gasteiger partial charge in [0.05, 0.1) is 0 Å². The molecule has 0 atom stereocenters. The number of hydrogen-bond acceptors (Lipinski definition) is 5. The van der Waals surface area contributed by atoms with Crippen molar-refractivity contribution in [3.8, 4) is 0 Å². The smallest absolute Gasteiger partial charge is 0.252 e. The molecule has 98 valence electrons. The second-order valence-electron chi connectivity index (χ2n) is 3.77. The Balaban J connectivity index is 2.19. The molecule has 2 rings (SSSR count). The molecule has 0 amide bonds. The van der Waals surface area contributed by atoms with Crippen LogP contribution < -0.4 is 5.73 Å². The first-order chi connectivity index (χ1) is 8.54. The molecular formula is C11H14N2O2S3. The van der Waals surface area contributed by atoms with Crippen LogP contribution >= 0.6 is 22.7 Å². The van der Waals surface area contributed by atoms with E-state index in [4.69, 9.17) is 5.73 Å². The molecule has 0 spiro atoms. The maximum absolute atomic E-state index is 12.3. The maximum Gasteiger partial charge on any atom is 0.252 e. The summed E-state index contributed by atoms with van der Waals surface area (Å²) in [6.45, 7) is 0.769. The van der Waals surface area contributed by atoms with Gasteiger partial charge in [-0.1, -0.05) is 6.07 Å². The van der Waals surface area contributed by atoms with Gasteiger partial charge in [-0.3, -0.25) is 0 Å². The lowest BCUT2D eigenvalue weighted by Gasteiger charge is -2.14. The Hall–Kier alpha value is -0.730. The summed E-state index contributed by atoms with van der Waals surface area (Å²) >= 11 is 2.78. The van der Waals surface area contributed by atoms with Crippen LogP contribution in [0.2, 0.25) is 0 Å². The lowest BCUT2D eigenvalue weighted by atomic mass is 10.5. The monoisotopic (exact) mass is 302 g/mol. The van der Waals surface area contributed by atoms with Gasteiger partial charge in [-0.05, 0) is 23.6 Å². The third kappa shape index (κ3) is 2.81. The van der Waals surface area contributed by atoms with E-state index in [-0.39, 0.29) is 0 Å². The zero-order valence-electron chi connectivity index (χ0n) is 9.87. The third-order valence-electron chi connectivity index (χ3n) is 2.46. The molecule has 2 N–H and O–H groups in total. The molecule has 0 unspecified atom stereocenters. The highest BCUT2D eigenvalue weighted by molar-refractivity contribution is 7.91. The molecule has 2 aromatic rings. The summed E-state index contributed by atoms with van der Waals surface area (Å²) in [4.78, 5) is 1.90. The third-order valence-corrected chi connectivity index (χ3v) is 6.70. The average Bonchev–Trinajstić information content (AvgIpc) is 2.99. The minimum absolute atomic E-state index is 0.349. The van der Waals surface area contributed by atoms with Crippen LogP contribution in [0.1, 0.15) is 9.75 Å². The van der Waals surface area contributed by atoms with Crippen molar-refractivity contribution in [3.63, 3.8) is 0 Å². The van der Waals surface area contributed by atoms with Crippen molar-refractivity contribution < 1.29 is 8.42 Å². The highest BCUT2D eigenvalue weighted by Gasteiger charge is 2.22. The lowest BCUT2D eigenvalue weighted by Crippen LogP contribution is -2.25. The van der Waals surface area contributed by atoms with Crippen molar-refractivity contribution in [2.24, 2.45) is 5.73 Å². The molecule has 4 nitrogen and oxygen atoms in total. The van der Waals surface area contributed by atoms with Crippen molar-refractivity contribution in [3.05, 3.63) is 39.4 Å². The Morgan fingerprint density at radius 2 is 2.06 bits per heavy atom. The summed E-state index contributed by atoms with van der Waals surface area (Å²) in [5.74, 6) is 0. The van der Waals surface area contributed by atoms with E-state index in [1.807, 2.05) is 17.5 Å². The number of hydrogen-bond donors (Lipinski definition) is 1. The summed E-state index contributed by atoms with van der Waals surface area (Å²) in [5, 5.41) is 1.94. The SMILES string of the molecule is CN(Cc1cccs1)S(=O)(=O)c1ccc(CN)s1. The van der Waals surface area contributed by atoms with Crippen molar-refractivity contribution in [1.29, 1.82) is 0 Å². The van der Waals surface area contributed by atoms with E-state index in [2.05, 4.69) is 0 Å². The molecule has 2 heterocycles. The second-order valence-corrected chi connectivity index (χ2v) is 8.24. The van der Waals surface area contributed by atoms with E-state index in [1.54, 1.807) is 30.5 Å². The van der Waals surface area contributed by atoms with Gasteiger partial charge in [-0.15, -0.1) is 22.7 Å². The molecule has 7 heteroatoms. The molecule has 0 bridgehead atoms. The fourth-order valence-electron chi connectivity index (χ4n) is 1.47. The van der Waals surface area contributed by atoms with E-state index in [1.165, 1.54) is 15.6 Å². The van der Waals surface area contributed by atoms with Crippen LogP contribution in [0.25, 0.3) is 0 Å². The molecule has 0 aromatic carbocycles. The van der Waals surface area contributed by atoms with Gasteiger partial charge in [0, 0.05) is 29.9 Å². The van der Waals surface area contributed by atoms with Gasteiger partial charge in [0.2, 0.25) is 0 Å². The van der Waals surface area contributed by atoms with Crippen LogP contribution in [0.15, 0.2) is 33.9 Å². The fraction of sp³-hybridized carbons (Fsp3) is 0.273. The minimum atomic E-state index is -3.40. The topological polar surface area (TPSA) is 63.4 Å². The van der Waals surface area contributed by atoms with E-state index < -0.39 is 10.0 Å². The van der Waals surface area contributed by atoms with E-state index in [0.29, 0.717) is 17.3 Å². The minimum Gasteiger partial charge on any atom is -0.326 e. The van der Waals surface area contributed by atoms with Crippen molar-refractivity contribution >= 4 is 32.7 Å². The van der Waals surface area contributed by atoms with Gasteiger partial charge in [0.25, 0.3) is 10.0 Å².